The maximum Gasteiger partial charge on any atom is 0.410 e. The van der Waals surface area contributed by atoms with E-state index in [9.17, 15) is 32.7 Å². The zero-order valence-corrected chi connectivity index (χ0v) is 45.7. The summed E-state index contributed by atoms with van der Waals surface area (Å²) in [7, 11) is 1.58. The Morgan fingerprint density at radius 2 is 1.60 bits per heavy atom. The first-order chi connectivity index (χ1) is 35.4. The van der Waals surface area contributed by atoms with Crippen LogP contribution in [0.2, 0.25) is 0 Å². The highest BCUT2D eigenvalue weighted by atomic mass is 32.2. The number of likely N-dealkylation sites (N-methyl/N-ethyl adjacent to an activating group) is 1. The Morgan fingerprint density at radius 3 is 2.23 bits per heavy atom. The number of aliphatic hydroxyl groups excluding tert-OH is 1. The van der Waals surface area contributed by atoms with E-state index in [0.29, 0.717) is 38.0 Å². The average Bonchev–Trinajstić information content (AvgIpc) is 3.97. The lowest BCUT2D eigenvalue weighted by Gasteiger charge is -2.47. The van der Waals surface area contributed by atoms with Crippen LogP contribution in [0.3, 0.4) is 0 Å². The van der Waals surface area contributed by atoms with Gasteiger partial charge in [-0.05, 0) is 116 Å². The van der Waals surface area contributed by atoms with Crippen molar-refractivity contribution >= 4 is 45.3 Å². The first kappa shape index (κ1) is 58.4. The Balaban J connectivity index is 0.000000452. The van der Waals surface area contributed by atoms with Crippen LogP contribution in [0, 0.1) is 23.7 Å². The van der Waals surface area contributed by atoms with Gasteiger partial charge >= 0.3 is 12.1 Å². The fourth-order valence-corrected chi connectivity index (χ4v) is 11.6. The number of imidazole rings is 1. The van der Waals surface area contributed by atoms with E-state index >= 15 is 0 Å². The summed E-state index contributed by atoms with van der Waals surface area (Å²) in [5, 5.41) is 11.4. The Kier molecular flexibility index (Phi) is 19.3. The smallest absolute Gasteiger partial charge is 0.410 e. The number of nitrogen functional groups attached to an aromatic ring is 1. The first-order valence-corrected chi connectivity index (χ1v) is 27.0. The van der Waals surface area contributed by atoms with Gasteiger partial charge in [-0.1, -0.05) is 27.7 Å². The Bertz CT molecular complexity index is 2670. The summed E-state index contributed by atoms with van der Waals surface area (Å²) in [4.78, 5) is 76.7. The fourth-order valence-electron chi connectivity index (χ4n) is 10.6. The first-order valence-electron chi connectivity index (χ1n) is 25.5. The average molecular weight is 1060 g/mol. The standard InChI is InChI=1S/C43H65N5O10.C10H10N4O2S/c1-12-33-43(8)37(48(41(53)58-43)19-14-13-18-47-23-31(45-24-47)30-16-15-17-44-22-30)27(4)34(49)25(2)21-42(7,54-11)38(28(5)35(50)29(6)39(52)56-33)57-40-36(51)32(46(9)10)20-26(3)55-40;11-8-2-4-9(5-3-8)17(15,16)14-10-12-6-1-7-13-10/h15-17,22-29,32-33,36-38,40,51H,12-14,18-21H2,1-11H3;1-7H,11H2,(H,12,13,14)/t25-,26-,27-,28+,29-,32+,33+,36-,37-,38-,40+,42-,43-;/m1./s1. The number of carbonyl (C=O) groups excluding carboxylic acids is 4. The Hall–Kier alpha value is -5.91. The number of aromatic nitrogens is 5. The molecule has 4 aromatic rings. The van der Waals surface area contributed by atoms with Gasteiger partial charge in [0.1, 0.15) is 23.9 Å². The molecule has 3 aromatic heterocycles. The fraction of sp³-hybridized carbons (Fsp3) is 0.585. The molecule has 0 bridgehead atoms. The van der Waals surface area contributed by atoms with Gasteiger partial charge in [0.05, 0.1) is 40.8 Å². The molecule has 410 valence electrons. The minimum Gasteiger partial charge on any atom is -0.458 e. The van der Waals surface area contributed by atoms with E-state index in [-0.39, 0.29) is 41.6 Å². The highest BCUT2D eigenvalue weighted by Crippen LogP contribution is 2.43. The topological polar surface area (TPSA) is 270 Å². The number of nitrogens with zero attached hydrogens (tertiary/aromatic N) is 7. The molecule has 75 heavy (non-hydrogen) atoms. The summed E-state index contributed by atoms with van der Waals surface area (Å²) >= 11 is 0. The van der Waals surface area contributed by atoms with Crippen molar-refractivity contribution in [2.75, 3.05) is 38.2 Å². The number of pyridine rings is 1. The molecule has 3 saturated heterocycles. The number of nitrogens with two attached hydrogens (primary N) is 1. The third kappa shape index (κ3) is 13.6. The number of sulfonamides is 1. The van der Waals surface area contributed by atoms with E-state index in [2.05, 4.69) is 24.7 Å². The van der Waals surface area contributed by atoms with E-state index in [1.165, 1.54) is 50.7 Å². The zero-order chi connectivity index (χ0) is 55.0. The number of anilines is 2. The molecule has 0 spiro atoms. The molecule has 6 heterocycles. The number of benzene rings is 1. The number of cyclic esters (lactones) is 1. The van der Waals surface area contributed by atoms with Gasteiger partial charge in [-0.3, -0.25) is 19.4 Å². The number of Topliss-reactive ketones (excluding diaryl/α,β-unsaturated/α-hetero) is 2. The third-order valence-corrected chi connectivity index (χ3v) is 16.1. The number of amides is 1. The van der Waals surface area contributed by atoms with Crippen molar-refractivity contribution in [1.29, 1.82) is 0 Å². The minimum atomic E-state index is -3.66. The van der Waals surface area contributed by atoms with Crippen LogP contribution < -0.4 is 10.5 Å². The summed E-state index contributed by atoms with van der Waals surface area (Å²) in [6, 6.07) is 10.2. The van der Waals surface area contributed by atoms with Gasteiger partial charge < -0.3 is 48.9 Å². The van der Waals surface area contributed by atoms with E-state index in [0.717, 1.165) is 11.3 Å². The molecule has 0 saturated carbocycles. The van der Waals surface area contributed by atoms with Gasteiger partial charge in [-0.15, -0.1) is 0 Å². The van der Waals surface area contributed by atoms with E-state index in [1.54, 1.807) is 57.4 Å². The van der Waals surface area contributed by atoms with Crippen LogP contribution in [0.25, 0.3) is 11.3 Å². The molecule has 22 heteroatoms. The number of rotatable bonds is 14. The monoisotopic (exact) mass is 1060 g/mol. The van der Waals surface area contributed by atoms with Crippen LogP contribution in [-0.4, -0.2) is 153 Å². The third-order valence-electron chi connectivity index (χ3n) is 14.8. The number of ether oxygens (including phenoxy) is 5. The molecule has 1 aromatic carbocycles. The predicted octanol–water partition coefficient (Wildman–Crippen LogP) is 5.79. The van der Waals surface area contributed by atoms with E-state index in [1.807, 2.05) is 62.7 Å². The van der Waals surface area contributed by atoms with Crippen molar-refractivity contribution in [2.45, 2.75) is 153 Å². The van der Waals surface area contributed by atoms with Crippen molar-refractivity contribution in [3.05, 3.63) is 79.8 Å². The number of aryl methyl sites for hydroxylation is 1. The number of carbonyl (C=O) groups is 4. The molecule has 3 aliphatic rings. The predicted molar refractivity (Wildman–Crippen MR) is 278 cm³/mol. The molecule has 3 aliphatic heterocycles. The summed E-state index contributed by atoms with van der Waals surface area (Å²) in [5.41, 5.74) is 5.04. The molecule has 0 aliphatic carbocycles. The van der Waals surface area contributed by atoms with Crippen LogP contribution in [0.15, 0.2) is 84.7 Å². The van der Waals surface area contributed by atoms with Gasteiger partial charge in [0.2, 0.25) is 5.95 Å². The lowest BCUT2D eigenvalue weighted by atomic mass is 9.73. The lowest BCUT2D eigenvalue weighted by molar-refractivity contribution is -0.295. The highest BCUT2D eigenvalue weighted by Gasteiger charge is 2.60. The Labute approximate surface area is 440 Å². The maximum absolute atomic E-state index is 14.7. The van der Waals surface area contributed by atoms with Crippen LogP contribution in [-0.2, 0) is 54.6 Å². The number of fused-ring (bicyclic) bond motifs is 1. The van der Waals surface area contributed by atoms with Gasteiger partial charge in [0, 0.05) is 86.2 Å². The van der Waals surface area contributed by atoms with Crippen molar-refractivity contribution in [1.82, 2.24) is 34.3 Å². The quantitative estimate of drug-likeness (QED) is 0.0584. The molecule has 3 fully saturated rings. The number of hydrogen-bond acceptors (Lipinski definition) is 18. The lowest BCUT2D eigenvalue weighted by Crippen LogP contribution is -2.60. The van der Waals surface area contributed by atoms with Crippen LogP contribution >= 0.6 is 0 Å². The number of methoxy groups -OCH3 is 1. The summed E-state index contributed by atoms with van der Waals surface area (Å²) in [6.07, 6.45) is 7.36. The van der Waals surface area contributed by atoms with Gasteiger partial charge in [0.15, 0.2) is 17.7 Å². The summed E-state index contributed by atoms with van der Waals surface area (Å²) in [6.45, 7) is 14.9. The molecular formula is C53H75N9O12S. The number of hydrogen-bond donors (Lipinski definition) is 3. The van der Waals surface area contributed by atoms with E-state index in [4.69, 9.17) is 29.4 Å². The van der Waals surface area contributed by atoms with E-state index < -0.39 is 93.4 Å². The zero-order valence-electron chi connectivity index (χ0n) is 44.9. The SMILES string of the molecule is CC[C@@H]1OC(=O)[C@H](C)C(=O)[C@H](C)[C@@H](O[C@@H]2O[C@H](C)C[C@H](N(C)C)[C@H]2O)[C@](C)(OC)C[C@@H](C)C(=O)[C@@H](C)[C@H]2N(CCCCn3cnc(-c4cccnc4)c3)C(=O)O[C@]12C.Nc1ccc(S(=O)(=O)Nc2ncccn2)cc1. The molecule has 0 unspecified atom stereocenters. The van der Waals surface area contributed by atoms with Crippen molar-refractivity contribution in [2.24, 2.45) is 23.7 Å². The van der Waals surface area contributed by atoms with Crippen LogP contribution in [0.5, 0.6) is 0 Å². The maximum atomic E-state index is 14.7. The second-order valence-corrected chi connectivity index (χ2v) is 22.3. The van der Waals surface area contributed by atoms with Crippen LogP contribution in [0.4, 0.5) is 16.4 Å². The summed E-state index contributed by atoms with van der Waals surface area (Å²) < 4.78 is 59.2. The number of aliphatic hydroxyl groups is 1. The summed E-state index contributed by atoms with van der Waals surface area (Å²) in [5.74, 6) is -4.92. The second-order valence-electron chi connectivity index (χ2n) is 20.6. The van der Waals surface area contributed by atoms with Gasteiger partial charge in [0.25, 0.3) is 10.0 Å². The largest absolute Gasteiger partial charge is 0.458 e. The highest BCUT2D eigenvalue weighted by molar-refractivity contribution is 7.92. The molecule has 13 atom stereocenters. The van der Waals surface area contributed by atoms with Gasteiger partial charge in [-0.25, -0.2) is 32.9 Å². The second kappa shape index (κ2) is 24.8. The van der Waals surface area contributed by atoms with Crippen LogP contribution in [0.1, 0.15) is 87.5 Å². The molecule has 0 radical (unpaired) electrons. The number of ketones is 2. The Morgan fingerprint density at radius 1 is 0.920 bits per heavy atom. The number of unbranched alkanes of at least 4 members (excludes halogenated alkanes) is 1. The number of nitrogens with one attached hydrogen (secondary N) is 1. The molecule has 21 nitrogen and oxygen atoms in total. The minimum absolute atomic E-state index is 0.0318. The molecule has 7 rings (SSSR count). The number of esters is 1. The van der Waals surface area contributed by atoms with Crippen molar-refractivity contribution in [3.63, 3.8) is 0 Å². The normalized spacial score (nSPS) is 30.9. The molecule has 1 amide bonds. The molecule has 4 N–H and O–H groups in total. The molecular weight excluding hydrogens is 987 g/mol. The van der Waals surface area contributed by atoms with Crippen molar-refractivity contribution < 1.29 is 56.4 Å². The van der Waals surface area contributed by atoms with Gasteiger partial charge in [-0.2, -0.15) is 0 Å². The van der Waals surface area contributed by atoms with Crippen molar-refractivity contribution in [3.8, 4) is 11.3 Å².